The normalized spacial score (nSPS) is 11.3. The Bertz CT molecular complexity index is 1250. The summed E-state index contributed by atoms with van der Waals surface area (Å²) in [6.45, 7) is 3.77. The van der Waals surface area contributed by atoms with Crippen molar-refractivity contribution in [3.63, 3.8) is 0 Å². The number of carbonyl (C=O) groups excluding carboxylic acids is 2. The number of nitrogens with two attached hydrogens (primary N) is 1. The molecule has 1 aromatic carbocycles. The molecule has 0 radical (unpaired) electrons. The molecule has 29 heavy (non-hydrogen) atoms. The van der Waals surface area contributed by atoms with E-state index in [0.717, 1.165) is 33.5 Å². The number of amides is 2. The van der Waals surface area contributed by atoms with Gasteiger partial charge in [0.1, 0.15) is 5.56 Å². The molecule has 0 saturated heterocycles. The lowest BCUT2D eigenvalue weighted by atomic mass is 10.1. The highest BCUT2D eigenvalue weighted by Gasteiger charge is 2.18. The number of nitrogens with zero attached hydrogens (tertiary/aromatic N) is 4. The number of aromatic amines is 1. The standard InChI is InChI=1S/C21H22N6O2/c1-12-16(13(2)27-21(25-12)17(11-24-27)20(22)29)6-7-19(28)26(3)15-5-4-14-8-9-23-18(14)10-15/h4-5,8-11,23H,6-7H2,1-3H3,(H2,22,29). The van der Waals surface area contributed by atoms with Gasteiger partial charge in [-0.1, -0.05) is 6.07 Å². The smallest absolute Gasteiger partial charge is 0.254 e. The average molecular weight is 390 g/mol. The molecule has 4 rings (SSSR count). The van der Waals surface area contributed by atoms with Crippen LogP contribution in [-0.2, 0) is 11.2 Å². The maximum Gasteiger partial charge on any atom is 0.254 e. The Labute approximate surface area is 167 Å². The third-order valence-corrected chi connectivity index (χ3v) is 5.36. The van der Waals surface area contributed by atoms with Gasteiger partial charge in [0.25, 0.3) is 5.91 Å². The highest BCUT2D eigenvalue weighted by molar-refractivity contribution is 5.98. The number of primary amides is 1. The number of aryl methyl sites for hydroxylation is 2. The molecule has 3 N–H and O–H groups in total. The summed E-state index contributed by atoms with van der Waals surface area (Å²) < 4.78 is 1.61. The Morgan fingerprint density at radius 3 is 2.79 bits per heavy atom. The first-order chi connectivity index (χ1) is 13.9. The van der Waals surface area contributed by atoms with Gasteiger partial charge in [-0.05, 0) is 49.4 Å². The minimum Gasteiger partial charge on any atom is -0.365 e. The van der Waals surface area contributed by atoms with Gasteiger partial charge in [0.15, 0.2) is 5.65 Å². The lowest BCUT2D eigenvalue weighted by Crippen LogP contribution is -2.26. The van der Waals surface area contributed by atoms with Gasteiger partial charge in [0.2, 0.25) is 5.91 Å². The monoisotopic (exact) mass is 390 g/mol. The fourth-order valence-electron chi connectivity index (χ4n) is 3.63. The molecule has 0 unspecified atom stereocenters. The zero-order chi connectivity index (χ0) is 20.7. The number of rotatable bonds is 5. The van der Waals surface area contributed by atoms with Crippen LogP contribution in [0, 0.1) is 13.8 Å². The van der Waals surface area contributed by atoms with Gasteiger partial charge < -0.3 is 15.6 Å². The van der Waals surface area contributed by atoms with Crippen molar-refractivity contribution in [1.82, 2.24) is 19.6 Å². The van der Waals surface area contributed by atoms with Crippen molar-refractivity contribution in [3.05, 3.63) is 59.2 Å². The van der Waals surface area contributed by atoms with Crippen molar-refractivity contribution in [2.24, 2.45) is 5.73 Å². The molecule has 148 valence electrons. The molecule has 4 aromatic rings. The number of nitrogens with one attached hydrogen (secondary N) is 1. The average Bonchev–Trinajstić information content (AvgIpc) is 3.33. The van der Waals surface area contributed by atoms with E-state index >= 15 is 0 Å². The number of hydrogen-bond acceptors (Lipinski definition) is 4. The number of benzene rings is 1. The Morgan fingerprint density at radius 2 is 2.03 bits per heavy atom. The highest BCUT2D eigenvalue weighted by atomic mass is 16.2. The maximum atomic E-state index is 12.8. The zero-order valence-corrected chi connectivity index (χ0v) is 16.6. The van der Waals surface area contributed by atoms with Gasteiger partial charge in [0.05, 0.1) is 6.20 Å². The maximum absolute atomic E-state index is 12.8. The first kappa shape index (κ1) is 18.7. The number of hydrogen-bond donors (Lipinski definition) is 2. The summed E-state index contributed by atoms with van der Waals surface area (Å²) in [6.07, 6.45) is 4.17. The lowest BCUT2D eigenvalue weighted by molar-refractivity contribution is -0.118. The molecule has 0 saturated carbocycles. The predicted molar refractivity (Wildman–Crippen MR) is 111 cm³/mol. The molecule has 0 aliphatic carbocycles. The Balaban J connectivity index is 1.55. The van der Waals surface area contributed by atoms with E-state index < -0.39 is 5.91 Å². The van der Waals surface area contributed by atoms with Crippen LogP contribution in [0.15, 0.2) is 36.7 Å². The van der Waals surface area contributed by atoms with Crippen molar-refractivity contribution in [3.8, 4) is 0 Å². The van der Waals surface area contributed by atoms with Crippen molar-refractivity contribution < 1.29 is 9.59 Å². The Morgan fingerprint density at radius 1 is 1.24 bits per heavy atom. The van der Waals surface area contributed by atoms with Crippen LogP contribution in [0.1, 0.15) is 33.7 Å². The van der Waals surface area contributed by atoms with Crippen LogP contribution in [0.4, 0.5) is 5.69 Å². The molecule has 0 aliphatic heterocycles. The van der Waals surface area contributed by atoms with Crippen LogP contribution < -0.4 is 10.6 Å². The van der Waals surface area contributed by atoms with E-state index in [0.29, 0.717) is 24.1 Å². The molecule has 0 aliphatic rings. The second kappa shape index (κ2) is 7.05. The van der Waals surface area contributed by atoms with E-state index in [1.54, 1.807) is 16.5 Å². The van der Waals surface area contributed by atoms with E-state index in [-0.39, 0.29) is 5.91 Å². The molecule has 0 atom stereocenters. The topological polar surface area (TPSA) is 109 Å². The number of carbonyl (C=O) groups is 2. The van der Waals surface area contributed by atoms with Crippen molar-refractivity contribution in [1.29, 1.82) is 0 Å². The molecule has 3 aromatic heterocycles. The minimum atomic E-state index is -0.560. The Hall–Kier alpha value is -3.68. The fourth-order valence-corrected chi connectivity index (χ4v) is 3.63. The van der Waals surface area contributed by atoms with Crippen molar-refractivity contribution in [2.45, 2.75) is 26.7 Å². The van der Waals surface area contributed by atoms with Crippen LogP contribution in [0.2, 0.25) is 0 Å². The summed E-state index contributed by atoms with van der Waals surface area (Å²) in [7, 11) is 1.78. The summed E-state index contributed by atoms with van der Waals surface area (Å²) >= 11 is 0. The summed E-state index contributed by atoms with van der Waals surface area (Å²) in [5.41, 5.74) is 10.5. The van der Waals surface area contributed by atoms with Crippen LogP contribution in [0.3, 0.4) is 0 Å². The third-order valence-electron chi connectivity index (χ3n) is 5.36. The molecule has 0 spiro atoms. The molecule has 2 amide bonds. The number of aromatic nitrogens is 4. The molecular weight excluding hydrogens is 368 g/mol. The first-order valence-electron chi connectivity index (χ1n) is 9.34. The van der Waals surface area contributed by atoms with Crippen LogP contribution >= 0.6 is 0 Å². The summed E-state index contributed by atoms with van der Waals surface area (Å²) in [5.74, 6) is -0.553. The van der Waals surface area contributed by atoms with Gasteiger partial charge in [-0.15, -0.1) is 0 Å². The molecular formula is C21H22N6O2. The summed E-state index contributed by atoms with van der Waals surface area (Å²) in [5, 5.41) is 5.34. The predicted octanol–water partition coefficient (Wildman–Crippen LogP) is 2.52. The van der Waals surface area contributed by atoms with E-state index in [2.05, 4.69) is 15.1 Å². The van der Waals surface area contributed by atoms with Crippen molar-refractivity contribution >= 4 is 34.1 Å². The quantitative estimate of drug-likeness (QED) is 0.546. The fraction of sp³-hybridized carbons (Fsp3) is 0.238. The van der Waals surface area contributed by atoms with Gasteiger partial charge in [-0.25, -0.2) is 9.50 Å². The van der Waals surface area contributed by atoms with Gasteiger partial charge in [-0.2, -0.15) is 5.10 Å². The summed E-state index contributed by atoms with van der Waals surface area (Å²) in [4.78, 5) is 33.7. The molecule has 0 bridgehead atoms. The van der Waals surface area contributed by atoms with E-state index in [4.69, 9.17) is 5.73 Å². The Kier molecular flexibility index (Phi) is 4.54. The van der Waals surface area contributed by atoms with Gasteiger partial charge in [-0.3, -0.25) is 9.59 Å². The number of fused-ring (bicyclic) bond motifs is 2. The van der Waals surface area contributed by atoms with Crippen molar-refractivity contribution in [2.75, 3.05) is 11.9 Å². The van der Waals surface area contributed by atoms with E-state index in [1.807, 2.05) is 44.3 Å². The first-order valence-corrected chi connectivity index (χ1v) is 9.34. The van der Waals surface area contributed by atoms with Crippen LogP contribution in [0.25, 0.3) is 16.6 Å². The number of anilines is 1. The lowest BCUT2D eigenvalue weighted by Gasteiger charge is -2.18. The summed E-state index contributed by atoms with van der Waals surface area (Å²) in [6, 6.07) is 7.89. The highest BCUT2D eigenvalue weighted by Crippen LogP contribution is 2.22. The van der Waals surface area contributed by atoms with Crippen LogP contribution in [-0.4, -0.2) is 38.4 Å². The largest absolute Gasteiger partial charge is 0.365 e. The van der Waals surface area contributed by atoms with Gasteiger partial charge >= 0.3 is 0 Å². The second-order valence-electron chi connectivity index (χ2n) is 7.12. The van der Waals surface area contributed by atoms with Crippen LogP contribution in [0.5, 0.6) is 0 Å². The number of H-pyrrole nitrogens is 1. The minimum absolute atomic E-state index is 0.00749. The molecule has 8 heteroatoms. The zero-order valence-electron chi connectivity index (χ0n) is 16.6. The third kappa shape index (κ3) is 3.22. The SMILES string of the molecule is Cc1nc2c(C(N)=O)cnn2c(C)c1CCC(=O)N(C)c1ccc2cc[nH]c2c1. The molecule has 0 fully saturated rings. The molecule has 8 nitrogen and oxygen atoms in total. The molecule has 3 heterocycles. The van der Waals surface area contributed by atoms with E-state index in [9.17, 15) is 9.59 Å². The van der Waals surface area contributed by atoms with E-state index in [1.165, 1.54) is 6.20 Å². The second-order valence-corrected chi connectivity index (χ2v) is 7.12. The van der Waals surface area contributed by atoms with Gasteiger partial charge in [0, 0.05) is 42.3 Å².